The molecular weight excluding hydrogens is 205 g/mol. The van der Waals surface area contributed by atoms with Crippen molar-refractivity contribution in [2.24, 2.45) is 16.7 Å². The molecular formula is C11H17F3O. The Kier molecular flexibility index (Phi) is 1.89. The van der Waals surface area contributed by atoms with Crippen LogP contribution in [0.4, 0.5) is 13.2 Å². The van der Waals surface area contributed by atoms with E-state index in [1.165, 1.54) is 0 Å². The molecule has 2 aliphatic rings. The molecule has 1 N–H and O–H groups in total. The van der Waals surface area contributed by atoms with E-state index in [2.05, 4.69) is 0 Å². The highest BCUT2D eigenvalue weighted by molar-refractivity contribution is 5.20. The van der Waals surface area contributed by atoms with Crippen LogP contribution in [0.5, 0.6) is 0 Å². The van der Waals surface area contributed by atoms with Crippen LogP contribution in [0.3, 0.4) is 0 Å². The Hall–Kier alpha value is -0.250. The van der Waals surface area contributed by atoms with Gasteiger partial charge in [-0.05, 0) is 25.2 Å². The maximum atomic E-state index is 13.1. The van der Waals surface area contributed by atoms with Crippen LogP contribution in [0.15, 0.2) is 0 Å². The molecule has 4 heteroatoms. The lowest BCUT2D eigenvalue weighted by Crippen LogP contribution is -2.63. The molecule has 0 aliphatic heterocycles. The molecule has 0 heterocycles. The Balaban J connectivity index is 2.55. The summed E-state index contributed by atoms with van der Waals surface area (Å²) in [7, 11) is 0. The van der Waals surface area contributed by atoms with Gasteiger partial charge in [0.1, 0.15) is 0 Å². The normalized spacial score (nSPS) is 48.6. The minimum Gasteiger partial charge on any atom is -0.380 e. The second kappa shape index (κ2) is 2.53. The third-order valence-corrected chi connectivity index (χ3v) is 4.98. The van der Waals surface area contributed by atoms with Crippen LogP contribution in [0.1, 0.15) is 40.0 Å². The molecule has 0 saturated heterocycles. The molecule has 2 rings (SSSR count). The molecule has 2 aliphatic carbocycles. The van der Waals surface area contributed by atoms with Crippen LogP contribution < -0.4 is 0 Å². The standard InChI is InChI=1S/C11H17F3O/c1-8(2)7-4-5-9(3,6-7)10(8,15)11(12,13)14/h7,15H,4-6H2,1-3H3. The fraction of sp³-hybridized carbons (Fsp3) is 1.00. The second-order valence-corrected chi connectivity index (χ2v) is 5.93. The lowest BCUT2D eigenvalue weighted by Gasteiger charge is -2.50. The zero-order valence-corrected chi connectivity index (χ0v) is 9.28. The maximum absolute atomic E-state index is 13.1. The predicted molar refractivity (Wildman–Crippen MR) is 50.2 cm³/mol. The summed E-state index contributed by atoms with van der Waals surface area (Å²) in [6, 6.07) is 0. The molecule has 0 aromatic carbocycles. The first-order valence-electron chi connectivity index (χ1n) is 5.35. The predicted octanol–water partition coefficient (Wildman–Crippen LogP) is 3.13. The first-order chi connectivity index (χ1) is 6.56. The van der Waals surface area contributed by atoms with E-state index in [0.29, 0.717) is 12.8 Å². The Bertz CT molecular complexity index is 290. The quantitative estimate of drug-likeness (QED) is 0.667. The van der Waals surface area contributed by atoms with E-state index in [-0.39, 0.29) is 5.92 Å². The summed E-state index contributed by atoms with van der Waals surface area (Å²) in [6.45, 7) is 4.68. The van der Waals surface area contributed by atoms with Crippen molar-refractivity contribution in [3.05, 3.63) is 0 Å². The fourth-order valence-electron chi connectivity index (χ4n) is 3.97. The molecule has 0 aromatic rings. The van der Waals surface area contributed by atoms with Gasteiger partial charge in [0.25, 0.3) is 0 Å². The van der Waals surface area contributed by atoms with Crippen molar-refractivity contribution in [2.45, 2.75) is 51.8 Å². The highest BCUT2D eigenvalue weighted by Gasteiger charge is 2.78. The Labute approximate surface area is 87.7 Å². The summed E-state index contributed by atoms with van der Waals surface area (Å²) < 4.78 is 39.3. The van der Waals surface area contributed by atoms with E-state index >= 15 is 0 Å². The van der Waals surface area contributed by atoms with Crippen molar-refractivity contribution in [1.29, 1.82) is 0 Å². The molecule has 0 aromatic heterocycles. The lowest BCUT2D eigenvalue weighted by atomic mass is 9.60. The van der Waals surface area contributed by atoms with Crippen LogP contribution in [0, 0.1) is 16.7 Å². The molecule has 2 fully saturated rings. The molecule has 15 heavy (non-hydrogen) atoms. The van der Waals surface area contributed by atoms with Gasteiger partial charge in [-0.2, -0.15) is 13.2 Å². The van der Waals surface area contributed by atoms with Gasteiger partial charge < -0.3 is 5.11 Å². The number of aliphatic hydroxyl groups is 1. The van der Waals surface area contributed by atoms with E-state index in [1.807, 2.05) is 0 Å². The average molecular weight is 222 g/mol. The van der Waals surface area contributed by atoms with Gasteiger partial charge in [-0.3, -0.25) is 0 Å². The summed E-state index contributed by atoms with van der Waals surface area (Å²) in [4.78, 5) is 0. The van der Waals surface area contributed by atoms with Crippen LogP contribution in [-0.2, 0) is 0 Å². The van der Waals surface area contributed by atoms with E-state index in [9.17, 15) is 18.3 Å². The molecule has 3 unspecified atom stereocenters. The molecule has 0 radical (unpaired) electrons. The average Bonchev–Trinajstić information content (AvgIpc) is 2.50. The van der Waals surface area contributed by atoms with Crippen molar-refractivity contribution in [3.8, 4) is 0 Å². The van der Waals surface area contributed by atoms with Gasteiger partial charge in [-0.1, -0.05) is 20.8 Å². The van der Waals surface area contributed by atoms with Gasteiger partial charge in [0.2, 0.25) is 0 Å². The number of hydrogen-bond donors (Lipinski definition) is 1. The topological polar surface area (TPSA) is 20.2 Å². The number of alkyl halides is 3. The molecule has 2 saturated carbocycles. The first kappa shape index (κ1) is 11.2. The first-order valence-corrected chi connectivity index (χ1v) is 5.35. The van der Waals surface area contributed by atoms with E-state index < -0.39 is 22.6 Å². The fourth-order valence-corrected chi connectivity index (χ4v) is 3.97. The Morgan fingerprint density at radius 2 is 1.73 bits per heavy atom. The molecule has 1 nitrogen and oxygen atoms in total. The monoisotopic (exact) mass is 222 g/mol. The minimum absolute atomic E-state index is 0.00544. The summed E-state index contributed by atoms with van der Waals surface area (Å²) in [6.07, 6.45) is -2.74. The number of rotatable bonds is 0. The largest absolute Gasteiger partial charge is 0.418 e. The zero-order chi connectivity index (χ0) is 11.7. The van der Waals surface area contributed by atoms with Gasteiger partial charge in [-0.15, -0.1) is 0 Å². The highest BCUT2D eigenvalue weighted by Crippen LogP contribution is 2.71. The van der Waals surface area contributed by atoms with Gasteiger partial charge in [0.15, 0.2) is 5.60 Å². The summed E-state index contributed by atoms with van der Waals surface area (Å²) in [5.74, 6) is -0.00544. The van der Waals surface area contributed by atoms with Gasteiger partial charge in [-0.25, -0.2) is 0 Å². The Morgan fingerprint density at radius 3 is 2.00 bits per heavy atom. The number of halogens is 3. The Morgan fingerprint density at radius 1 is 1.20 bits per heavy atom. The van der Waals surface area contributed by atoms with Gasteiger partial charge in [0.05, 0.1) is 0 Å². The number of hydrogen-bond acceptors (Lipinski definition) is 1. The summed E-state index contributed by atoms with van der Waals surface area (Å²) >= 11 is 0. The van der Waals surface area contributed by atoms with Gasteiger partial charge in [0, 0.05) is 10.8 Å². The molecule has 2 bridgehead atoms. The van der Waals surface area contributed by atoms with Crippen molar-refractivity contribution in [2.75, 3.05) is 0 Å². The van der Waals surface area contributed by atoms with Crippen LogP contribution in [0.25, 0.3) is 0 Å². The second-order valence-electron chi connectivity index (χ2n) is 5.93. The maximum Gasteiger partial charge on any atom is 0.418 e. The number of fused-ring (bicyclic) bond motifs is 2. The van der Waals surface area contributed by atoms with E-state index in [1.54, 1.807) is 20.8 Å². The minimum atomic E-state index is -4.53. The van der Waals surface area contributed by atoms with Crippen LogP contribution >= 0.6 is 0 Å². The third-order valence-electron chi connectivity index (χ3n) is 4.98. The lowest BCUT2D eigenvalue weighted by molar-refractivity contribution is -0.330. The van der Waals surface area contributed by atoms with E-state index in [4.69, 9.17) is 0 Å². The third kappa shape index (κ3) is 0.992. The van der Waals surface area contributed by atoms with Gasteiger partial charge >= 0.3 is 6.18 Å². The summed E-state index contributed by atoms with van der Waals surface area (Å²) in [5.41, 5.74) is -4.56. The summed E-state index contributed by atoms with van der Waals surface area (Å²) in [5, 5.41) is 10.2. The molecule has 3 atom stereocenters. The van der Waals surface area contributed by atoms with Crippen LogP contribution in [-0.4, -0.2) is 16.9 Å². The van der Waals surface area contributed by atoms with E-state index in [0.717, 1.165) is 6.42 Å². The van der Waals surface area contributed by atoms with Crippen LogP contribution in [0.2, 0.25) is 0 Å². The van der Waals surface area contributed by atoms with Crippen molar-refractivity contribution in [3.63, 3.8) is 0 Å². The zero-order valence-electron chi connectivity index (χ0n) is 9.28. The molecule has 0 spiro atoms. The van der Waals surface area contributed by atoms with Crippen molar-refractivity contribution >= 4 is 0 Å². The SMILES string of the molecule is CC12CCC(C1)C(C)(C)C2(O)C(F)(F)F. The molecule has 0 amide bonds. The van der Waals surface area contributed by atoms with Crippen molar-refractivity contribution < 1.29 is 18.3 Å². The van der Waals surface area contributed by atoms with Crippen molar-refractivity contribution in [1.82, 2.24) is 0 Å². The smallest absolute Gasteiger partial charge is 0.380 e. The molecule has 88 valence electrons. The highest BCUT2D eigenvalue weighted by atomic mass is 19.4.